The fourth-order valence-electron chi connectivity index (χ4n) is 4.06. The number of sulfone groups is 1. The normalized spacial score (nSPS) is 17.2. The van der Waals surface area contributed by atoms with Crippen molar-refractivity contribution in [3.63, 3.8) is 0 Å². The zero-order valence-electron chi connectivity index (χ0n) is 16.0. The van der Waals surface area contributed by atoms with E-state index in [0.29, 0.717) is 11.4 Å². The summed E-state index contributed by atoms with van der Waals surface area (Å²) in [5.41, 5.74) is 0.914. The number of fused-ring (bicyclic) bond motifs is 3. The molecule has 0 spiro atoms. The number of aromatic nitrogens is 3. The van der Waals surface area contributed by atoms with E-state index in [1.54, 1.807) is 0 Å². The molecule has 0 amide bonds. The van der Waals surface area contributed by atoms with Crippen LogP contribution >= 0.6 is 23.2 Å². The van der Waals surface area contributed by atoms with E-state index in [-0.39, 0.29) is 21.7 Å². The molecule has 31 heavy (non-hydrogen) atoms. The lowest BCUT2D eigenvalue weighted by Crippen LogP contribution is -2.10. The first-order valence-corrected chi connectivity index (χ1v) is 11.9. The predicted molar refractivity (Wildman–Crippen MR) is 115 cm³/mol. The van der Waals surface area contributed by atoms with Gasteiger partial charge >= 0.3 is 0 Å². The Hall–Kier alpha value is -2.42. The van der Waals surface area contributed by atoms with Crippen LogP contribution in [0.1, 0.15) is 28.5 Å². The van der Waals surface area contributed by atoms with Gasteiger partial charge in [0.15, 0.2) is 0 Å². The monoisotopic (exact) mass is 479 g/mol. The van der Waals surface area contributed by atoms with Crippen molar-refractivity contribution < 1.29 is 17.2 Å². The van der Waals surface area contributed by atoms with Gasteiger partial charge in [-0.3, -0.25) is 0 Å². The summed E-state index contributed by atoms with van der Waals surface area (Å²) in [5.74, 6) is -0.194. The van der Waals surface area contributed by atoms with Gasteiger partial charge in [0.1, 0.15) is 0 Å². The highest BCUT2D eigenvalue weighted by Gasteiger charge is 2.35. The average Bonchev–Trinajstić information content (AvgIpc) is 3.43. The molecule has 0 aliphatic heterocycles. The Kier molecular flexibility index (Phi) is 5.03. The van der Waals surface area contributed by atoms with Gasteiger partial charge in [0.25, 0.3) is 11.4 Å². The molecule has 1 aliphatic carbocycles. The maximum Gasteiger partial charge on any atom is 0.281 e. The van der Waals surface area contributed by atoms with Gasteiger partial charge in [0.05, 0.1) is 4.90 Å². The molecular weight excluding hydrogens is 464 g/mol. The molecule has 2 aromatic carbocycles. The summed E-state index contributed by atoms with van der Waals surface area (Å²) >= 11 is 12.0. The highest BCUT2D eigenvalue weighted by atomic mass is 35.5. The van der Waals surface area contributed by atoms with E-state index < -0.39 is 21.2 Å². The molecule has 2 atom stereocenters. The Morgan fingerprint density at radius 2 is 1.94 bits per heavy atom. The quantitative estimate of drug-likeness (QED) is 0.421. The zero-order chi connectivity index (χ0) is 21.8. The van der Waals surface area contributed by atoms with Crippen LogP contribution in [0.4, 0.5) is 4.39 Å². The summed E-state index contributed by atoms with van der Waals surface area (Å²) in [5, 5.41) is 9.47. The third-order valence-corrected chi connectivity index (χ3v) is 7.61. The maximum absolute atomic E-state index is 14.8. The summed E-state index contributed by atoms with van der Waals surface area (Å²) in [6.07, 6.45) is 1.98. The van der Waals surface area contributed by atoms with Crippen LogP contribution in [0.5, 0.6) is 0 Å². The zero-order valence-corrected chi connectivity index (χ0v) is 18.3. The lowest BCUT2D eigenvalue weighted by Gasteiger charge is -2.07. The first-order chi connectivity index (χ1) is 14.8. The molecule has 0 saturated heterocycles. The Bertz CT molecular complexity index is 1400. The topological polar surface area (TPSA) is 88.9 Å². The van der Waals surface area contributed by atoms with Crippen LogP contribution in [0.3, 0.4) is 0 Å². The average molecular weight is 480 g/mol. The van der Waals surface area contributed by atoms with Crippen molar-refractivity contribution in [3.8, 4) is 0 Å². The van der Waals surface area contributed by atoms with Crippen LogP contribution in [0.15, 0.2) is 51.8 Å². The second kappa shape index (κ2) is 7.62. The van der Waals surface area contributed by atoms with E-state index >= 15 is 0 Å². The second-order valence-electron chi connectivity index (χ2n) is 7.60. The number of benzene rings is 2. The van der Waals surface area contributed by atoms with Gasteiger partial charge in [0, 0.05) is 33.1 Å². The largest absolute Gasteiger partial charge is 0.421 e. The van der Waals surface area contributed by atoms with Crippen molar-refractivity contribution in [3.05, 3.63) is 75.5 Å². The number of nitrogens with one attached hydrogen (secondary N) is 1. The van der Waals surface area contributed by atoms with Crippen molar-refractivity contribution in [2.24, 2.45) is 5.92 Å². The fourth-order valence-corrected chi connectivity index (χ4v) is 5.65. The number of nitrogens with zero attached hydrogens (tertiary/aromatic N) is 2. The van der Waals surface area contributed by atoms with Crippen LogP contribution in [0.25, 0.3) is 10.9 Å². The molecule has 2 heterocycles. The number of H-pyrrole nitrogens is 1. The number of alkyl halides is 1. The summed E-state index contributed by atoms with van der Waals surface area (Å²) in [7, 11) is -4.36. The van der Waals surface area contributed by atoms with E-state index in [9.17, 15) is 12.8 Å². The van der Waals surface area contributed by atoms with Crippen molar-refractivity contribution in [1.82, 2.24) is 15.2 Å². The van der Waals surface area contributed by atoms with Gasteiger partial charge in [-0.2, -0.15) is 0 Å². The number of aromatic amines is 1. The summed E-state index contributed by atoms with van der Waals surface area (Å²) in [4.78, 5) is 3.17. The lowest BCUT2D eigenvalue weighted by atomic mass is 10.0. The van der Waals surface area contributed by atoms with Crippen LogP contribution in [0, 0.1) is 5.92 Å². The Balaban J connectivity index is 1.32. The first kappa shape index (κ1) is 20.5. The van der Waals surface area contributed by atoms with E-state index in [1.165, 1.54) is 29.8 Å². The number of halogens is 3. The SMILES string of the molecule is O=S(=O)(c1cccc(Cl)c1)C(F)c1nnc(CC2Cc3[nH]c4ccc(Cl)cc4c3C2)o1. The summed E-state index contributed by atoms with van der Waals surface area (Å²) in [6, 6.07) is 11.1. The van der Waals surface area contributed by atoms with Crippen LogP contribution in [-0.2, 0) is 29.1 Å². The first-order valence-electron chi connectivity index (χ1n) is 9.56. The van der Waals surface area contributed by atoms with Crippen LogP contribution in [-0.4, -0.2) is 23.6 Å². The fraction of sp³-hybridized carbons (Fsp3) is 0.238. The Morgan fingerprint density at radius 3 is 2.74 bits per heavy atom. The lowest BCUT2D eigenvalue weighted by molar-refractivity contribution is 0.331. The molecule has 160 valence electrons. The van der Waals surface area contributed by atoms with Crippen LogP contribution < -0.4 is 0 Å². The molecule has 0 radical (unpaired) electrons. The molecule has 5 rings (SSSR count). The summed E-state index contributed by atoms with van der Waals surface area (Å²) < 4.78 is 45.2. The number of rotatable bonds is 5. The molecule has 0 saturated carbocycles. The number of hydrogen-bond acceptors (Lipinski definition) is 5. The van der Waals surface area contributed by atoms with Crippen molar-refractivity contribution in [2.75, 3.05) is 0 Å². The maximum atomic E-state index is 14.8. The molecule has 0 bridgehead atoms. The van der Waals surface area contributed by atoms with Gasteiger partial charge in [-0.15, -0.1) is 10.2 Å². The Morgan fingerprint density at radius 1 is 1.13 bits per heavy atom. The third kappa shape index (κ3) is 3.73. The molecule has 10 heteroatoms. The second-order valence-corrected chi connectivity index (χ2v) is 10.5. The standard InChI is InChI=1S/C21H16Cl2FN3O3S/c22-12-2-1-3-14(9-12)31(28,29)20(24)21-27-26-19(30-21)8-11-6-15-16-10-13(23)4-5-17(16)25-18(15)7-11/h1-5,9-11,20,25H,6-8H2. The van der Waals surface area contributed by atoms with Gasteiger partial charge in [-0.1, -0.05) is 29.3 Å². The molecule has 1 aliphatic rings. The highest BCUT2D eigenvalue weighted by Crippen LogP contribution is 2.36. The van der Waals surface area contributed by atoms with E-state index in [1.807, 2.05) is 18.2 Å². The van der Waals surface area contributed by atoms with Crippen molar-refractivity contribution >= 4 is 43.9 Å². The highest BCUT2D eigenvalue weighted by molar-refractivity contribution is 7.91. The van der Waals surface area contributed by atoms with E-state index in [4.69, 9.17) is 27.6 Å². The summed E-state index contributed by atoms with van der Waals surface area (Å²) in [6.45, 7) is 0. The molecule has 2 aromatic heterocycles. The van der Waals surface area contributed by atoms with E-state index in [0.717, 1.165) is 29.4 Å². The van der Waals surface area contributed by atoms with Gasteiger partial charge in [0.2, 0.25) is 15.7 Å². The minimum Gasteiger partial charge on any atom is -0.421 e. The molecular formula is C21H16Cl2FN3O3S. The third-order valence-electron chi connectivity index (χ3n) is 5.48. The molecule has 6 nitrogen and oxygen atoms in total. The molecule has 4 aromatic rings. The molecule has 1 N–H and O–H groups in total. The van der Waals surface area contributed by atoms with Crippen molar-refractivity contribution in [1.29, 1.82) is 0 Å². The molecule has 0 fully saturated rings. The molecule has 2 unspecified atom stereocenters. The van der Waals surface area contributed by atoms with Gasteiger partial charge < -0.3 is 9.40 Å². The minimum absolute atomic E-state index is 0.181. The predicted octanol–water partition coefficient (Wildman–Crippen LogP) is 5.26. The minimum atomic E-state index is -4.36. The van der Waals surface area contributed by atoms with Crippen molar-refractivity contribution in [2.45, 2.75) is 29.7 Å². The number of hydrogen-bond donors (Lipinski definition) is 1. The Labute approximate surface area is 187 Å². The van der Waals surface area contributed by atoms with Gasteiger partial charge in [-0.05, 0) is 60.7 Å². The smallest absolute Gasteiger partial charge is 0.281 e. The van der Waals surface area contributed by atoms with Crippen LogP contribution in [0.2, 0.25) is 10.0 Å². The van der Waals surface area contributed by atoms with E-state index in [2.05, 4.69) is 15.2 Å². The van der Waals surface area contributed by atoms with Gasteiger partial charge in [-0.25, -0.2) is 12.8 Å².